The highest BCUT2D eigenvalue weighted by Gasteiger charge is 2.26. The maximum absolute atomic E-state index is 11.1. The fraction of sp³-hybridized carbons (Fsp3) is 0.750. The topological polar surface area (TPSA) is 55.8 Å². The highest BCUT2D eigenvalue weighted by Crippen LogP contribution is 2.03. The van der Waals surface area contributed by atoms with Crippen LogP contribution in [0.25, 0.3) is 0 Å². The molecule has 1 saturated heterocycles. The molecule has 0 spiro atoms. The third kappa shape index (κ3) is 2.93. The molecule has 0 unspecified atom stereocenters. The standard InChI is InChI=1S/C8H13NO4/c1-2-3-4-12-8(11)9-5-7(10)13-6-9/h2-6H2,1H3. The Morgan fingerprint density at radius 2 is 2.46 bits per heavy atom. The highest BCUT2D eigenvalue weighted by molar-refractivity contribution is 5.80. The van der Waals surface area contributed by atoms with Crippen LogP contribution in [0, 0.1) is 0 Å². The molecule has 0 aromatic heterocycles. The van der Waals surface area contributed by atoms with Crippen LogP contribution >= 0.6 is 0 Å². The first-order chi connectivity index (χ1) is 6.24. The molecule has 1 rings (SSSR count). The summed E-state index contributed by atoms with van der Waals surface area (Å²) < 4.78 is 9.45. The summed E-state index contributed by atoms with van der Waals surface area (Å²) in [6.45, 7) is 2.44. The Balaban J connectivity index is 2.20. The van der Waals surface area contributed by atoms with Crippen LogP contribution in [0.2, 0.25) is 0 Å². The number of esters is 1. The zero-order valence-corrected chi connectivity index (χ0v) is 7.62. The molecular formula is C8H13NO4. The van der Waals surface area contributed by atoms with Crippen LogP contribution in [0.15, 0.2) is 0 Å². The molecule has 0 aromatic rings. The number of hydrogen-bond donors (Lipinski definition) is 0. The van der Waals surface area contributed by atoms with Crippen LogP contribution in [0.3, 0.4) is 0 Å². The van der Waals surface area contributed by atoms with E-state index in [0.717, 1.165) is 12.8 Å². The Bertz CT molecular complexity index is 204. The number of ether oxygens (including phenoxy) is 2. The van der Waals surface area contributed by atoms with Gasteiger partial charge in [-0.15, -0.1) is 0 Å². The van der Waals surface area contributed by atoms with E-state index in [4.69, 9.17) is 4.74 Å². The Morgan fingerprint density at radius 3 is 3.00 bits per heavy atom. The fourth-order valence-electron chi connectivity index (χ4n) is 0.909. The minimum atomic E-state index is -0.473. The smallest absolute Gasteiger partial charge is 0.412 e. The predicted molar refractivity (Wildman–Crippen MR) is 43.9 cm³/mol. The summed E-state index contributed by atoms with van der Waals surface area (Å²) in [4.78, 5) is 23.0. The van der Waals surface area contributed by atoms with Gasteiger partial charge < -0.3 is 9.47 Å². The number of carbonyl (C=O) groups is 2. The average Bonchev–Trinajstić information content (AvgIpc) is 2.52. The fourth-order valence-corrected chi connectivity index (χ4v) is 0.909. The van der Waals surface area contributed by atoms with Gasteiger partial charge in [0.15, 0.2) is 6.73 Å². The lowest BCUT2D eigenvalue weighted by atomic mass is 10.4. The van der Waals surface area contributed by atoms with Gasteiger partial charge in [-0.1, -0.05) is 13.3 Å². The van der Waals surface area contributed by atoms with Crippen LogP contribution in [0.4, 0.5) is 4.79 Å². The Labute approximate surface area is 76.6 Å². The van der Waals surface area contributed by atoms with Gasteiger partial charge >= 0.3 is 12.1 Å². The van der Waals surface area contributed by atoms with E-state index in [1.54, 1.807) is 0 Å². The Hall–Kier alpha value is -1.26. The first-order valence-electron chi connectivity index (χ1n) is 4.31. The first-order valence-corrected chi connectivity index (χ1v) is 4.31. The second kappa shape index (κ2) is 4.69. The third-order valence-corrected chi connectivity index (χ3v) is 1.68. The van der Waals surface area contributed by atoms with Gasteiger partial charge in [0, 0.05) is 0 Å². The monoisotopic (exact) mass is 187 g/mol. The van der Waals surface area contributed by atoms with Gasteiger partial charge in [-0.2, -0.15) is 0 Å². The number of amides is 1. The number of rotatable bonds is 3. The molecule has 0 aromatic carbocycles. The molecule has 1 amide bonds. The lowest BCUT2D eigenvalue weighted by Gasteiger charge is -2.11. The van der Waals surface area contributed by atoms with Crippen LogP contribution in [-0.4, -0.2) is 36.8 Å². The third-order valence-electron chi connectivity index (χ3n) is 1.68. The van der Waals surface area contributed by atoms with Crippen LogP contribution in [0.1, 0.15) is 19.8 Å². The van der Waals surface area contributed by atoms with Crippen molar-refractivity contribution in [3.63, 3.8) is 0 Å². The summed E-state index contributed by atoms with van der Waals surface area (Å²) in [5, 5.41) is 0. The van der Waals surface area contributed by atoms with Gasteiger partial charge in [0.25, 0.3) is 0 Å². The van der Waals surface area contributed by atoms with Gasteiger partial charge in [-0.05, 0) is 6.42 Å². The zero-order valence-electron chi connectivity index (χ0n) is 7.62. The zero-order chi connectivity index (χ0) is 9.68. The number of carbonyl (C=O) groups excluding carboxylic acids is 2. The summed E-state index contributed by atoms with van der Waals surface area (Å²) in [6, 6.07) is 0. The minimum absolute atomic E-state index is 0.00492. The molecule has 1 fully saturated rings. The van der Waals surface area contributed by atoms with Crippen LogP contribution < -0.4 is 0 Å². The van der Waals surface area contributed by atoms with E-state index >= 15 is 0 Å². The van der Waals surface area contributed by atoms with Crippen molar-refractivity contribution in [1.29, 1.82) is 0 Å². The number of unbranched alkanes of at least 4 members (excludes halogenated alkanes) is 1. The molecule has 0 atom stereocenters. The molecule has 5 nitrogen and oxygen atoms in total. The first kappa shape index (κ1) is 9.83. The molecule has 1 heterocycles. The second-order valence-corrected chi connectivity index (χ2v) is 2.81. The molecule has 0 saturated carbocycles. The SMILES string of the molecule is CCCCOC(=O)N1COC(=O)C1. The quantitative estimate of drug-likeness (QED) is 0.483. The number of hydrogen-bond acceptors (Lipinski definition) is 4. The molecule has 13 heavy (non-hydrogen) atoms. The van der Waals surface area contributed by atoms with E-state index in [-0.39, 0.29) is 19.2 Å². The van der Waals surface area contributed by atoms with E-state index in [1.165, 1.54) is 4.90 Å². The molecule has 0 aliphatic carbocycles. The molecule has 1 aliphatic rings. The number of cyclic esters (lactones) is 1. The molecule has 0 N–H and O–H groups in total. The lowest BCUT2D eigenvalue weighted by molar-refractivity contribution is -0.136. The largest absolute Gasteiger partial charge is 0.449 e. The highest BCUT2D eigenvalue weighted by atomic mass is 16.6. The van der Waals surface area contributed by atoms with E-state index in [9.17, 15) is 9.59 Å². The van der Waals surface area contributed by atoms with E-state index in [1.807, 2.05) is 6.92 Å². The summed E-state index contributed by atoms with van der Waals surface area (Å²) in [5.74, 6) is -0.382. The van der Waals surface area contributed by atoms with E-state index in [0.29, 0.717) is 6.61 Å². The summed E-state index contributed by atoms with van der Waals surface area (Å²) in [6.07, 6.45) is 1.34. The lowest BCUT2D eigenvalue weighted by Crippen LogP contribution is -2.29. The summed E-state index contributed by atoms with van der Waals surface area (Å²) in [7, 11) is 0. The maximum Gasteiger partial charge on any atom is 0.412 e. The van der Waals surface area contributed by atoms with Gasteiger partial charge in [-0.25, -0.2) is 4.79 Å². The molecule has 0 bridgehead atoms. The molecule has 0 radical (unpaired) electrons. The van der Waals surface area contributed by atoms with Crippen LogP contribution in [-0.2, 0) is 14.3 Å². The van der Waals surface area contributed by atoms with E-state index in [2.05, 4.69) is 4.74 Å². The Kier molecular flexibility index (Phi) is 3.54. The Morgan fingerprint density at radius 1 is 1.69 bits per heavy atom. The van der Waals surface area contributed by atoms with Crippen molar-refractivity contribution in [2.75, 3.05) is 19.9 Å². The normalized spacial score (nSPS) is 15.8. The van der Waals surface area contributed by atoms with Crippen molar-refractivity contribution < 1.29 is 19.1 Å². The van der Waals surface area contributed by atoms with Gasteiger partial charge in [-0.3, -0.25) is 9.69 Å². The molecule has 5 heteroatoms. The van der Waals surface area contributed by atoms with Gasteiger partial charge in [0.2, 0.25) is 0 Å². The number of nitrogens with zero attached hydrogens (tertiary/aromatic N) is 1. The average molecular weight is 187 g/mol. The maximum atomic E-state index is 11.1. The van der Waals surface area contributed by atoms with Crippen molar-refractivity contribution in [3.8, 4) is 0 Å². The molecular weight excluding hydrogens is 174 g/mol. The van der Waals surface area contributed by atoms with Crippen molar-refractivity contribution in [2.24, 2.45) is 0 Å². The van der Waals surface area contributed by atoms with Gasteiger partial charge in [0.05, 0.1) is 6.61 Å². The second-order valence-electron chi connectivity index (χ2n) is 2.81. The van der Waals surface area contributed by atoms with E-state index < -0.39 is 6.09 Å². The summed E-state index contributed by atoms with van der Waals surface area (Å²) in [5.41, 5.74) is 0. The predicted octanol–water partition coefficient (Wildman–Crippen LogP) is 0.739. The van der Waals surface area contributed by atoms with Gasteiger partial charge in [0.1, 0.15) is 6.54 Å². The minimum Gasteiger partial charge on any atom is -0.449 e. The van der Waals surface area contributed by atoms with Crippen LogP contribution in [0.5, 0.6) is 0 Å². The molecule has 1 aliphatic heterocycles. The van der Waals surface area contributed by atoms with Crippen molar-refractivity contribution in [2.45, 2.75) is 19.8 Å². The van der Waals surface area contributed by atoms with Crippen molar-refractivity contribution >= 4 is 12.1 Å². The van der Waals surface area contributed by atoms with Crippen molar-refractivity contribution in [1.82, 2.24) is 4.90 Å². The van der Waals surface area contributed by atoms with Crippen molar-refractivity contribution in [3.05, 3.63) is 0 Å². The molecule has 74 valence electrons. The summed E-state index contributed by atoms with van der Waals surface area (Å²) >= 11 is 0.